The largest absolute Gasteiger partial charge is 0.476 e. The number of furan rings is 1. The third-order valence-electron chi connectivity index (χ3n) is 2.37. The van der Waals surface area contributed by atoms with Crippen molar-refractivity contribution in [1.82, 2.24) is 20.3 Å². The summed E-state index contributed by atoms with van der Waals surface area (Å²) in [6.45, 7) is 3.74. The van der Waals surface area contributed by atoms with Gasteiger partial charge in [-0.3, -0.25) is 4.68 Å². The number of rotatable bonds is 6. The molecule has 96 valence electrons. The molecular weight excluding hydrogens is 236 g/mol. The van der Waals surface area contributed by atoms with Gasteiger partial charge in [0.25, 0.3) is 0 Å². The Hall–Kier alpha value is -2.15. The molecule has 2 aromatic rings. The van der Waals surface area contributed by atoms with Gasteiger partial charge in [0.15, 0.2) is 5.69 Å². The van der Waals surface area contributed by atoms with Gasteiger partial charge in [-0.2, -0.15) is 0 Å². The third kappa shape index (κ3) is 3.17. The van der Waals surface area contributed by atoms with E-state index in [2.05, 4.69) is 15.6 Å². The molecule has 0 spiro atoms. The standard InChI is InChI=1S/C11H14N4O3/c1-8-2-3-9(18-8)6-12-4-5-15-7-10(11(16)17)13-14-15/h2-3,7,12H,4-6H2,1H3,(H,16,17). The molecule has 0 atom stereocenters. The lowest BCUT2D eigenvalue weighted by molar-refractivity contribution is 0.0690. The van der Waals surface area contributed by atoms with Gasteiger partial charge in [0.1, 0.15) is 11.5 Å². The van der Waals surface area contributed by atoms with Crippen molar-refractivity contribution in [2.45, 2.75) is 20.0 Å². The van der Waals surface area contributed by atoms with Crippen LogP contribution in [-0.2, 0) is 13.1 Å². The zero-order valence-electron chi connectivity index (χ0n) is 9.96. The molecule has 2 heterocycles. The van der Waals surface area contributed by atoms with Crippen LogP contribution in [0.5, 0.6) is 0 Å². The van der Waals surface area contributed by atoms with Crippen molar-refractivity contribution in [1.29, 1.82) is 0 Å². The maximum Gasteiger partial charge on any atom is 0.358 e. The van der Waals surface area contributed by atoms with Crippen LogP contribution in [0, 0.1) is 6.92 Å². The van der Waals surface area contributed by atoms with Gasteiger partial charge in [-0.1, -0.05) is 5.21 Å². The highest BCUT2D eigenvalue weighted by molar-refractivity contribution is 5.84. The van der Waals surface area contributed by atoms with Crippen LogP contribution in [0.3, 0.4) is 0 Å². The van der Waals surface area contributed by atoms with Crippen molar-refractivity contribution in [3.8, 4) is 0 Å². The van der Waals surface area contributed by atoms with Crippen LogP contribution >= 0.6 is 0 Å². The Morgan fingerprint density at radius 2 is 2.39 bits per heavy atom. The van der Waals surface area contributed by atoms with E-state index in [1.54, 1.807) is 0 Å². The molecule has 2 aromatic heterocycles. The number of nitrogens with one attached hydrogen (secondary N) is 1. The zero-order valence-corrected chi connectivity index (χ0v) is 9.96. The summed E-state index contributed by atoms with van der Waals surface area (Å²) < 4.78 is 6.89. The van der Waals surface area contributed by atoms with Crippen LogP contribution < -0.4 is 5.32 Å². The number of carboxylic acid groups (broad SMARTS) is 1. The number of carboxylic acids is 1. The Kier molecular flexibility index (Phi) is 3.73. The lowest BCUT2D eigenvalue weighted by atomic mass is 10.4. The minimum Gasteiger partial charge on any atom is -0.476 e. The fourth-order valence-electron chi connectivity index (χ4n) is 1.49. The molecule has 0 unspecified atom stereocenters. The van der Waals surface area contributed by atoms with E-state index in [4.69, 9.17) is 9.52 Å². The first-order valence-electron chi connectivity index (χ1n) is 5.54. The topological polar surface area (TPSA) is 93.2 Å². The summed E-state index contributed by atoms with van der Waals surface area (Å²) in [5.74, 6) is 0.687. The Morgan fingerprint density at radius 1 is 1.56 bits per heavy atom. The van der Waals surface area contributed by atoms with Crippen LogP contribution in [0.15, 0.2) is 22.7 Å². The molecule has 18 heavy (non-hydrogen) atoms. The molecule has 0 saturated carbocycles. The van der Waals surface area contributed by atoms with E-state index in [9.17, 15) is 4.79 Å². The predicted molar refractivity (Wildman–Crippen MR) is 62.1 cm³/mol. The summed E-state index contributed by atoms with van der Waals surface area (Å²) in [6, 6.07) is 3.83. The van der Waals surface area contributed by atoms with Gasteiger partial charge in [-0.05, 0) is 19.1 Å². The summed E-state index contributed by atoms with van der Waals surface area (Å²) in [4.78, 5) is 10.6. The van der Waals surface area contributed by atoms with Gasteiger partial charge in [-0.25, -0.2) is 4.79 Å². The summed E-state index contributed by atoms with van der Waals surface area (Å²) in [5.41, 5.74) is -0.0448. The van der Waals surface area contributed by atoms with Crippen LogP contribution in [0.2, 0.25) is 0 Å². The highest BCUT2D eigenvalue weighted by Gasteiger charge is 2.07. The average Bonchev–Trinajstić information content (AvgIpc) is 2.93. The molecule has 0 aliphatic heterocycles. The van der Waals surface area contributed by atoms with E-state index in [1.165, 1.54) is 10.9 Å². The van der Waals surface area contributed by atoms with Gasteiger partial charge >= 0.3 is 5.97 Å². The van der Waals surface area contributed by atoms with E-state index in [1.807, 2.05) is 19.1 Å². The van der Waals surface area contributed by atoms with Crippen LogP contribution in [0.25, 0.3) is 0 Å². The van der Waals surface area contributed by atoms with Crippen LogP contribution in [0.1, 0.15) is 22.0 Å². The second kappa shape index (κ2) is 5.46. The van der Waals surface area contributed by atoms with Crippen molar-refractivity contribution >= 4 is 5.97 Å². The normalized spacial score (nSPS) is 10.7. The zero-order chi connectivity index (χ0) is 13.0. The third-order valence-corrected chi connectivity index (χ3v) is 2.37. The van der Waals surface area contributed by atoms with Crippen molar-refractivity contribution < 1.29 is 14.3 Å². The predicted octanol–water partition coefficient (Wildman–Crippen LogP) is 0.668. The average molecular weight is 250 g/mol. The fraction of sp³-hybridized carbons (Fsp3) is 0.364. The Balaban J connectivity index is 1.73. The van der Waals surface area contributed by atoms with Crippen molar-refractivity contribution in [3.63, 3.8) is 0 Å². The molecule has 0 aromatic carbocycles. The Morgan fingerprint density at radius 3 is 3.00 bits per heavy atom. The first-order valence-corrected chi connectivity index (χ1v) is 5.54. The summed E-state index contributed by atoms with van der Waals surface area (Å²) >= 11 is 0. The van der Waals surface area contributed by atoms with Crippen LogP contribution in [-0.4, -0.2) is 32.6 Å². The highest BCUT2D eigenvalue weighted by Crippen LogP contribution is 2.05. The number of hydrogen-bond acceptors (Lipinski definition) is 5. The molecule has 0 aliphatic rings. The number of aromatic carboxylic acids is 1. The van der Waals surface area contributed by atoms with E-state index in [0.717, 1.165) is 11.5 Å². The molecule has 0 amide bonds. The number of aromatic nitrogens is 3. The minimum absolute atomic E-state index is 0.0448. The van der Waals surface area contributed by atoms with Gasteiger partial charge < -0.3 is 14.8 Å². The molecule has 0 fully saturated rings. The maximum absolute atomic E-state index is 10.6. The summed E-state index contributed by atoms with van der Waals surface area (Å²) in [7, 11) is 0. The van der Waals surface area contributed by atoms with Gasteiger partial charge in [0, 0.05) is 6.54 Å². The monoisotopic (exact) mass is 250 g/mol. The van der Waals surface area contributed by atoms with Gasteiger partial charge in [0.2, 0.25) is 0 Å². The second-order valence-electron chi connectivity index (χ2n) is 3.86. The fourth-order valence-corrected chi connectivity index (χ4v) is 1.49. The molecule has 0 saturated heterocycles. The van der Waals surface area contributed by atoms with Gasteiger partial charge in [-0.15, -0.1) is 5.10 Å². The first kappa shape index (κ1) is 12.3. The number of hydrogen-bond donors (Lipinski definition) is 2. The molecule has 0 radical (unpaired) electrons. The molecule has 7 nitrogen and oxygen atoms in total. The number of carbonyl (C=O) groups is 1. The lowest BCUT2D eigenvalue weighted by Gasteiger charge is -2.02. The van der Waals surface area contributed by atoms with Gasteiger partial charge in [0.05, 0.1) is 19.3 Å². The second-order valence-corrected chi connectivity index (χ2v) is 3.86. The lowest BCUT2D eigenvalue weighted by Crippen LogP contribution is -2.19. The van der Waals surface area contributed by atoms with E-state index in [-0.39, 0.29) is 5.69 Å². The van der Waals surface area contributed by atoms with Crippen molar-refractivity contribution in [2.24, 2.45) is 0 Å². The number of nitrogens with zero attached hydrogens (tertiary/aromatic N) is 3. The highest BCUT2D eigenvalue weighted by atomic mass is 16.4. The molecule has 2 N–H and O–H groups in total. The van der Waals surface area contributed by atoms with E-state index >= 15 is 0 Å². The van der Waals surface area contributed by atoms with Crippen LogP contribution in [0.4, 0.5) is 0 Å². The SMILES string of the molecule is Cc1ccc(CNCCn2cc(C(=O)O)nn2)o1. The van der Waals surface area contributed by atoms with Crippen molar-refractivity contribution in [2.75, 3.05) is 6.54 Å². The maximum atomic E-state index is 10.6. The Labute approximate surface area is 103 Å². The number of aryl methyl sites for hydroxylation is 1. The quantitative estimate of drug-likeness (QED) is 0.732. The molecular formula is C11H14N4O3. The summed E-state index contributed by atoms with van der Waals surface area (Å²) in [5, 5.41) is 19.1. The molecule has 0 aliphatic carbocycles. The van der Waals surface area contributed by atoms with E-state index < -0.39 is 5.97 Å². The first-order chi connectivity index (χ1) is 8.65. The van der Waals surface area contributed by atoms with E-state index in [0.29, 0.717) is 19.6 Å². The van der Waals surface area contributed by atoms with Crippen molar-refractivity contribution in [3.05, 3.63) is 35.5 Å². The minimum atomic E-state index is -1.07. The Bertz CT molecular complexity index is 532. The summed E-state index contributed by atoms with van der Waals surface area (Å²) in [6.07, 6.45) is 1.40. The molecule has 0 bridgehead atoms. The molecule has 2 rings (SSSR count). The smallest absolute Gasteiger partial charge is 0.358 e. The molecule has 7 heteroatoms.